The third-order valence-electron chi connectivity index (χ3n) is 2.88. The molecule has 0 bridgehead atoms. The number of nitrogens with one attached hydrogen (secondary N) is 2. The molecule has 0 spiro atoms. The highest BCUT2D eigenvalue weighted by atomic mass is 16.4. The molecule has 20 heavy (non-hydrogen) atoms. The van der Waals surface area contributed by atoms with E-state index in [1.807, 2.05) is 13.8 Å². The van der Waals surface area contributed by atoms with Crippen LogP contribution in [0, 0.1) is 5.92 Å². The lowest BCUT2D eigenvalue weighted by Gasteiger charge is -2.19. The molecule has 116 valence electrons. The van der Waals surface area contributed by atoms with Crippen molar-refractivity contribution in [2.24, 2.45) is 5.92 Å². The quantitative estimate of drug-likeness (QED) is 0.580. The monoisotopic (exact) mass is 287 g/mol. The van der Waals surface area contributed by atoms with Gasteiger partial charge in [0.2, 0.25) is 5.91 Å². The molecule has 0 fully saturated rings. The van der Waals surface area contributed by atoms with E-state index >= 15 is 0 Å². The lowest BCUT2D eigenvalue weighted by atomic mass is 10.0. The molecule has 0 saturated heterocycles. The molecule has 0 aromatic heterocycles. The molecule has 0 radical (unpaired) electrons. The van der Waals surface area contributed by atoms with Crippen LogP contribution >= 0.6 is 0 Å². The smallest absolute Gasteiger partial charge is 0.317 e. The predicted molar refractivity (Wildman–Crippen MR) is 75.4 cm³/mol. The van der Waals surface area contributed by atoms with Gasteiger partial charge in [0.15, 0.2) is 0 Å². The number of carboxylic acid groups (broad SMARTS) is 1. The SMILES string of the molecule is CCCNC(=O)CN(C)C(=O)NCC(CC)CC(=O)O. The first-order valence-corrected chi connectivity index (χ1v) is 6.88. The molecule has 7 heteroatoms. The molecule has 1 atom stereocenters. The van der Waals surface area contributed by atoms with Gasteiger partial charge in [0.1, 0.15) is 6.54 Å². The van der Waals surface area contributed by atoms with E-state index in [-0.39, 0.29) is 30.8 Å². The van der Waals surface area contributed by atoms with Crippen LogP contribution in [0.3, 0.4) is 0 Å². The Balaban J connectivity index is 4.06. The maximum absolute atomic E-state index is 11.7. The van der Waals surface area contributed by atoms with Crippen molar-refractivity contribution >= 4 is 17.9 Å². The standard InChI is InChI=1S/C13H25N3O4/c1-4-6-14-11(17)9-16(3)13(20)15-8-10(5-2)7-12(18)19/h10H,4-9H2,1-3H3,(H,14,17)(H,15,20)(H,18,19). The van der Waals surface area contributed by atoms with Crippen molar-refractivity contribution in [3.05, 3.63) is 0 Å². The van der Waals surface area contributed by atoms with E-state index in [9.17, 15) is 14.4 Å². The summed E-state index contributed by atoms with van der Waals surface area (Å²) in [5.74, 6) is -1.18. The van der Waals surface area contributed by atoms with Crippen LogP contribution in [0.25, 0.3) is 0 Å². The van der Waals surface area contributed by atoms with Gasteiger partial charge in [-0.1, -0.05) is 20.3 Å². The number of aliphatic carboxylic acids is 1. The zero-order valence-electron chi connectivity index (χ0n) is 12.4. The van der Waals surface area contributed by atoms with Crippen LogP contribution in [0.1, 0.15) is 33.1 Å². The molecule has 3 amide bonds. The van der Waals surface area contributed by atoms with Gasteiger partial charge in [0, 0.05) is 26.6 Å². The van der Waals surface area contributed by atoms with Crippen LogP contribution in [-0.4, -0.2) is 54.6 Å². The van der Waals surface area contributed by atoms with Crippen molar-refractivity contribution in [2.45, 2.75) is 33.1 Å². The van der Waals surface area contributed by atoms with E-state index in [4.69, 9.17) is 5.11 Å². The fourth-order valence-corrected chi connectivity index (χ4v) is 1.58. The molecule has 0 aliphatic rings. The minimum absolute atomic E-state index is 0.0123. The van der Waals surface area contributed by atoms with Crippen molar-refractivity contribution < 1.29 is 19.5 Å². The summed E-state index contributed by atoms with van der Waals surface area (Å²) in [6.45, 7) is 4.70. The average molecular weight is 287 g/mol. The van der Waals surface area contributed by atoms with E-state index < -0.39 is 5.97 Å². The number of rotatable bonds is 9. The van der Waals surface area contributed by atoms with Crippen molar-refractivity contribution in [3.8, 4) is 0 Å². The molecule has 0 aromatic rings. The van der Waals surface area contributed by atoms with Crippen LogP contribution in [0.15, 0.2) is 0 Å². The Hall–Kier alpha value is -1.79. The highest BCUT2D eigenvalue weighted by molar-refractivity contribution is 5.83. The molecule has 0 aromatic carbocycles. The lowest BCUT2D eigenvalue weighted by Crippen LogP contribution is -2.44. The van der Waals surface area contributed by atoms with Crippen molar-refractivity contribution in [3.63, 3.8) is 0 Å². The van der Waals surface area contributed by atoms with Gasteiger partial charge in [0.25, 0.3) is 0 Å². The number of urea groups is 1. The second kappa shape index (κ2) is 10.1. The number of amides is 3. The average Bonchev–Trinajstić information content (AvgIpc) is 2.40. The van der Waals surface area contributed by atoms with Crippen LogP contribution in [0.4, 0.5) is 4.79 Å². The Kier molecular flexibility index (Phi) is 9.15. The van der Waals surface area contributed by atoms with Gasteiger partial charge in [-0.05, 0) is 12.3 Å². The summed E-state index contributed by atoms with van der Waals surface area (Å²) in [6.07, 6.45) is 1.54. The summed E-state index contributed by atoms with van der Waals surface area (Å²) >= 11 is 0. The van der Waals surface area contributed by atoms with Gasteiger partial charge in [-0.15, -0.1) is 0 Å². The van der Waals surface area contributed by atoms with Gasteiger partial charge in [-0.3, -0.25) is 9.59 Å². The summed E-state index contributed by atoms with van der Waals surface area (Å²) in [5.41, 5.74) is 0. The maximum atomic E-state index is 11.7. The fourth-order valence-electron chi connectivity index (χ4n) is 1.58. The van der Waals surface area contributed by atoms with E-state index in [1.165, 1.54) is 11.9 Å². The lowest BCUT2D eigenvalue weighted by molar-refractivity contribution is -0.138. The first kappa shape index (κ1) is 18.2. The molecular formula is C13H25N3O4. The Morgan fingerprint density at radius 3 is 2.35 bits per heavy atom. The number of likely N-dealkylation sites (N-methyl/N-ethyl adjacent to an activating group) is 1. The van der Waals surface area contributed by atoms with Crippen LogP contribution in [0.5, 0.6) is 0 Å². The molecule has 3 N–H and O–H groups in total. The maximum Gasteiger partial charge on any atom is 0.317 e. The fraction of sp³-hybridized carbons (Fsp3) is 0.769. The number of carbonyl (C=O) groups is 3. The largest absolute Gasteiger partial charge is 0.481 e. The van der Waals surface area contributed by atoms with Gasteiger partial charge in [0.05, 0.1) is 0 Å². The summed E-state index contributed by atoms with van der Waals surface area (Å²) < 4.78 is 0. The normalized spacial score (nSPS) is 11.6. The van der Waals surface area contributed by atoms with E-state index in [1.54, 1.807) is 0 Å². The number of hydrogen-bond acceptors (Lipinski definition) is 3. The summed E-state index contributed by atoms with van der Waals surface area (Å²) in [6, 6.07) is -0.375. The Morgan fingerprint density at radius 2 is 1.85 bits per heavy atom. The highest BCUT2D eigenvalue weighted by Gasteiger charge is 2.15. The van der Waals surface area contributed by atoms with Crippen LogP contribution in [-0.2, 0) is 9.59 Å². The molecule has 7 nitrogen and oxygen atoms in total. The van der Waals surface area contributed by atoms with Crippen molar-refractivity contribution in [1.29, 1.82) is 0 Å². The Morgan fingerprint density at radius 1 is 1.20 bits per heavy atom. The molecule has 0 saturated carbocycles. The zero-order valence-corrected chi connectivity index (χ0v) is 12.4. The highest BCUT2D eigenvalue weighted by Crippen LogP contribution is 2.06. The van der Waals surface area contributed by atoms with E-state index in [0.29, 0.717) is 19.5 Å². The second-order valence-electron chi connectivity index (χ2n) is 4.76. The van der Waals surface area contributed by atoms with E-state index in [0.717, 1.165) is 6.42 Å². The number of carboxylic acids is 1. The molecule has 0 aliphatic carbocycles. The third kappa shape index (κ3) is 8.34. The molecule has 0 heterocycles. The number of hydrogen-bond donors (Lipinski definition) is 3. The van der Waals surface area contributed by atoms with Gasteiger partial charge >= 0.3 is 12.0 Å². The summed E-state index contributed by atoms with van der Waals surface area (Å²) in [4.78, 5) is 35.1. The first-order chi connectivity index (χ1) is 9.40. The second-order valence-corrected chi connectivity index (χ2v) is 4.76. The van der Waals surface area contributed by atoms with Gasteiger partial charge < -0.3 is 20.6 Å². The van der Waals surface area contributed by atoms with Crippen molar-refractivity contribution in [1.82, 2.24) is 15.5 Å². The van der Waals surface area contributed by atoms with Gasteiger partial charge in [-0.25, -0.2) is 4.79 Å². The first-order valence-electron chi connectivity index (χ1n) is 6.88. The third-order valence-corrected chi connectivity index (χ3v) is 2.88. The Labute approximate surface area is 119 Å². The molecule has 0 aliphatic heterocycles. The Bertz CT molecular complexity index is 334. The summed E-state index contributed by atoms with van der Waals surface area (Å²) in [7, 11) is 1.53. The van der Waals surface area contributed by atoms with Crippen LogP contribution < -0.4 is 10.6 Å². The summed E-state index contributed by atoms with van der Waals surface area (Å²) in [5, 5.41) is 14.0. The predicted octanol–water partition coefficient (Wildman–Crippen LogP) is 0.655. The minimum Gasteiger partial charge on any atom is -0.481 e. The topological polar surface area (TPSA) is 98.7 Å². The number of carbonyl (C=O) groups excluding carboxylic acids is 2. The zero-order chi connectivity index (χ0) is 15.5. The van der Waals surface area contributed by atoms with Crippen molar-refractivity contribution in [2.75, 3.05) is 26.7 Å². The molecule has 1 unspecified atom stereocenters. The minimum atomic E-state index is -0.876. The van der Waals surface area contributed by atoms with E-state index in [2.05, 4.69) is 10.6 Å². The van der Waals surface area contributed by atoms with Gasteiger partial charge in [-0.2, -0.15) is 0 Å². The molecule has 0 rings (SSSR count). The molecular weight excluding hydrogens is 262 g/mol. The number of nitrogens with zero attached hydrogens (tertiary/aromatic N) is 1. The van der Waals surface area contributed by atoms with Crippen LogP contribution in [0.2, 0.25) is 0 Å².